The van der Waals surface area contributed by atoms with Crippen LogP contribution in [-0.2, 0) is 16.0 Å². The van der Waals surface area contributed by atoms with Gasteiger partial charge >= 0.3 is 0 Å². The van der Waals surface area contributed by atoms with Crippen molar-refractivity contribution in [2.45, 2.75) is 18.6 Å². The van der Waals surface area contributed by atoms with Gasteiger partial charge < -0.3 is 15.0 Å². The average molecular weight is 322 g/mol. The Morgan fingerprint density at radius 3 is 2.67 bits per heavy atom. The summed E-state index contributed by atoms with van der Waals surface area (Å²) in [6.07, 6.45) is 0.515. The standard InChI is InChI=1S/C20H22N2O2/c23-20(18-14-21-11-13-24-18)22-12-10-15-6-4-5-9-17(15)19(22)16-7-2-1-3-8-16/h1-9,18-19,21H,10-14H2/t18-,19+/m1/s1. The number of fused-ring (bicyclic) bond motifs is 1. The SMILES string of the molecule is O=C([C@H]1CNCCO1)N1CCc2ccccc2[C@@H]1c1ccccc1. The topological polar surface area (TPSA) is 41.6 Å². The number of nitrogens with one attached hydrogen (secondary N) is 1. The van der Waals surface area contributed by atoms with E-state index in [2.05, 4.69) is 41.7 Å². The molecule has 0 spiro atoms. The van der Waals surface area contributed by atoms with E-state index in [-0.39, 0.29) is 18.1 Å². The van der Waals surface area contributed by atoms with Gasteiger partial charge in [-0.25, -0.2) is 0 Å². The molecule has 4 nitrogen and oxygen atoms in total. The van der Waals surface area contributed by atoms with Gasteiger partial charge in [0.25, 0.3) is 5.91 Å². The highest BCUT2D eigenvalue weighted by Crippen LogP contribution is 2.35. The van der Waals surface area contributed by atoms with Gasteiger partial charge in [0, 0.05) is 19.6 Å². The van der Waals surface area contributed by atoms with Gasteiger partial charge in [-0.1, -0.05) is 54.6 Å². The molecule has 1 fully saturated rings. The Morgan fingerprint density at radius 2 is 1.88 bits per heavy atom. The van der Waals surface area contributed by atoms with Crippen molar-refractivity contribution in [1.29, 1.82) is 0 Å². The molecule has 24 heavy (non-hydrogen) atoms. The van der Waals surface area contributed by atoms with Crippen molar-refractivity contribution < 1.29 is 9.53 Å². The van der Waals surface area contributed by atoms with Crippen LogP contribution in [-0.4, -0.2) is 43.2 Å². The predicted octanol–water partition coefficient (Wildman–Crippen LogP) is 2.15. The lowest BCUT2D eigenvalue weighted by Gasteiger charge is -2.40. The van der Waals surface area contributed by atoms with Crippen LogP contribution in [0.4, 0.5) is 0 Å². The highest BCUT2D eigenvalue weighted by Gasteiger charge is 2.36. The Kier molecular flexibility index (Phi) is 4.32. The van der Waals surface area contributed by atoms with Gasteiger partial charge in [0.2, 0.25) is 0 Å². The highest BCUT2D eigenvalue weighted by molar-refractivity contribution is 5.82. The number of hydrogen-bond donors (Lipinski definition) is 1. The first-order chi connectivity index (χ1) is 11.8. The maximum absolute atomic E-state index is 13.1. The second kappa shape index (κ2) is 6.75. The number of benzene rings is 2. The first-order valence-electron chi connectivity index (χ1n) is 8.60. The number of amides is 1. The maximum atomic E-state index is 13.1. The van der Waals surface area contributed by atoms with E-state index in [0.717, 1.165) is 25.1 Å². The van der Waals surface area contributed by atoms with E-state index in [4.69, 9.17) is 4.74 Å². The third kappa shape index (κ3) is 2.83. The van der Waals surface area contributed by atoms with Crippen molar-refractivity contribution >= 4 is 5.91 Å². The fourth-order valence-corrected chi connectivity index (χ4v) is 3.71. The molecule has 2 aromatic carbocycles. The van der Waals surface area contributed by atoms with Crippen LogP contribution in [0.1, 0.15) is 22.7 Å². The monoisotopic (exact) mass is 322 g/mol. The van der Waals surface area contributed by atoms with E-state index in [1.165, 1.54) is 11.1 Å². The largest absolute Gasteiger partial charge is 0.366 e. The van der Waals surface area contributed by atoms with E-state index >= 15 is 0 Å². The number of hydrogen-bond acceptors (Lipinski definition) is 3. The molecular weight excluding hydrogens is 300 g/mol. The molecule has 0 bridgehead atoms. The summed E-state index contributed by atoms with van der Waals surface area (Å²) in [5.74, 6) is 0.0885. The van der Waals surface area contributed by atoms with Crippen molar-refractivity contribution in [3.05, 3.63) is 71.3 Å². The molecule has 1 amide bonds. The van der Waals surface area contributed by atoms with Gasteiger partial charge in [-0.3, -0.25) is 4.79 Å². The minimum absolute atomic E-state index is 0.0332. The molecule has 2 aliphatic rings. The molecule has 0 saturated carbocycles. The van der Waals surface area contributed by atoms with Crippen LogP contribution in [0.25, 0.3) is 0 Å². The van der Waals surface area contributed by atoms with Crippen molar-refractivity contribution in [1.82, 2.24) is 10.2 Å². The fourth-order valence-electron chi connectivity index (χ4n) is 3.71. The number of rotatable bonds is 2. The smallest absolute Gasteiger partial charge is 0.253 e. The minimum atomic E-state index is -0.379. The van der Waals surface area contributed by atoms with Crippen molar-refractivity contribution in [3.63, 3.8) is 0 Å². The summed E-state index contributed by atoms with van der Waals surface area (Å²) in [4.78, 5) is 15.1. The third-order valence-corrected chi connectivity index (χ3v) is 4.88. The Labute approximate surface area is 142 Å². The molecule has 0 aliphatic carbocycles. The summed E-state index contributed by atoms with van der Waals surface area (Å²) in [6, 6.07) is 18.7. The van der Waals surface area contributed by atoms with Gasteiger partial charge in [0.1, 0.15) is 6.10 Å². The molecule has 4 heteroatoms. The summed E-state index contributed by atoms with van der Waals surface area (Å²) in [5, 5.41) is 3.26. The summed E-state index contributed by atoms with van der Waals surface area (Å²) in [5.41, 5.74) is 3.71. The van der Waals surface area contributed by atoms with Crippen LogP contribution in [0.15, 0.2) is 54.6 Å². The predicted molar refractivity (Wildman–Crippen MR) is 92.8 cm³/mol. The number of morpholine rings is 1. The van der Waals surface area contributed by atoms with E-state index < -0.39 is 0 Å². The summed E-state index contributed by atoms with van der Waals surface area (Å²) >= 11 is 0. The zero-order valence-electron chi connectivity index (χ0n) is 13.7. The van der Waals surface area contributed by atoms with Gasteiger partial charge in [-0.15, -0.1) is 0 Å². The summed E-state index contributed by atoms with van der Waals surface area (Å²) < 4.78 is 5.71. The normalized spacial score (nSPS) is 23.6. The van der Waals surface area contributed by atoms with Crippen molar-refractivity contribution in [3.8, 4) is 0 Å². The molecule has 0 unspecified atom stereocenters. The van der Waals surface area contributed by atoms with Crippen LogP contribution >= 0.6 is 0 Å². The lowest BCUT2D eigenvalue weighted by Crippen LogP contribution is -2.52. The summed E-state index contributed by atoms with van der Waals surface area (Å²) in [7, 11) is 0. The Morgan fingerprint density at radius 1 is 1.08 bits per heavy atom. The third-order valence-electron chi connectivity index (χ3n) is 4.88. The Balaban J connectivity index is 1.71. The molecule has 1 saturated heterocycles. The second-order valence-electron chi connectivity index (χ2n) is 6.36. The van der Waals surface area contributed by atoms with Gasteiger partial charge in [0.05, 0.1) is 12.6 Å². The molecular formula is C20H22N2O2. The second-order valence-corrected chi connectivity index (χ2v) is 6.36. The van der Waals surface area contributed by atoms with Crippen LogP contribution in [0.3, 0.4) is 0 Å². The van der Waals surface area contributed by atoms with Gasteiger partial charge in [-0.2, -0.15) is 0 Å². The molecule has 1 N–H and O–H groups in total. The van der Waals surface area contributed by atoms with Crippen LogP contribution in [0.5, 0.6) is 0 Å². The quantitative estimate of drug-likeness (QED) is 0.921. The van der Waals surface area contributed by atoms with Crippen molar-refractivity contribution in [2.75, 3.05) is 26.2 Å². The lowest BCUT2D eigenvalue weighted by atomic mass is 9.88. The minimum Gasteiger partial charge on any atom is -0.366 e. The van der Waals surface area contributed by atoms with E-state index in [0.29, 0.717) is 13.2 Å². The average Bonchev–Trinajstić information content (AvgIpc) is 2.68. The Bertz CT molecular complexity index is 711. The molecule has 0 aromatic heterocycles. The summed E-state index contributed by atoms with van der Waals surface area (Å²) in [6.45, 7) is 2.74. The van der Waals surface area contributed by atoms with Crippen molar-refractivity contribution in [2.24, 2.45) is 0 Å². The number of carbonyl (C=O) groups excluding carboxylic acids is 1. The fraction of sp³-hybridized carbons (Fsp3) is 0.350. The van der Waals surface area contributed by atoms with Crippen LogP contribution < -0.4 is 5.32 Å². The first kappa shape index (κ1) is 15.4. The lowest BCUT2D eigenvalue weighted by molar-refractivity contribution is -0.147. The van der Waals surface area contributed by atoms with Crippen LogP contribution in [0, 0.1) is 0 Å². The zero-order chi connectivity index (χ0) is 16.4. The zero-order valence-corrected chi connectivity index (χ0v) is 13.7. The molecule has 2 atom stereocenters. The van der Waals surface area contributed by atoms with E-state index in [1.54, 1.807) is 0 Å². The molecule has 2 aliphatic heterocycles. The molecule has 4 rings (SSSR count). The highest BCUT2D eigenvalue weighted by atomic mass is 16.5. The maximum Gasteiger partial charge on any atom is 0.253 e. The van der Waals surface area contributed by atoms with E-state index in [9.17, 15) is 4.79 Å². The molecule has 0 radical (unpaired) electrons. The molecule has 124 valence electrons. The number of nitrogens with zero attached hydrogens (tertiary/aromatic N) is 1. The number of carbonyl (C=O) groups is 1. The van der Waals surface area contributed by atoms with E-state index in [1.807, 2.05) is 23.1 Å². The molecule has 2 aromatic rings. The van der Waals surface area contributed by atoms with Gasteiger partial charge in [-0.05, 0) is 23.1 Å². The number of ether oxygens (including phenoxy) is 1. The van der Waals surface area contributed by atoms with Crippen LogP contribution in [0.2, 0.25) is 0 Å². The Hall–Kier alpha value is -2.17. The van der Waals surface area contributed by atoms with Gasteiger partial charge in [0.15, 0.2) is 0 Å². The first-order valence-corrected chi connectivity index (χ1v) is 8.60. The molecule has 2 heterocycles.